The maximum absolute atomic E-state index is 13.1. The summed E-state index contributed by atoms with van der Waals surface area (Å²) in [6.45, 7) is 5.46. The monoisotopic (exact) mass is 380 g/mol. The van der Waals surface area contributed by atoms with E-state index >= 15 is 0 Å². The maximum Gasteiger partial charge on any atom is 0.333 e. The highest BCUT2D eigenvalue weighted by Gasteiger charge is 2.26. The Morgan fingerprint density at radius 2 is 1.89 bits per heavy atom. The lowest BCUT2D eigenvalue weighted by atomic mass is 10.00. The van der Waals surface area contributed by atoms with Crippen molar-refractivity contribution in [2.45, 2.75) is 26.7 Å². The average molecular weight is 380 g/mol. The van der Waals surface area contributed by atoms with Crippen molar-refractivity contribution in [1.82, 2.24) is 19.0 Å². The first-order valence-electron chi connectivity index (χ1n) is 9.57. The summed E-state index contributed by atoms with van der Waals surface area (Å²) < 4.78 is 2.73. The van der Waals surface area contributed by atoms with Gasteiger partial charge in [0.15, 0.2) is 0 Å². The van der Waals surface area contributed by atoms with E-state index in [4.69, 9.17) is 0 Å². The van der Waals surface area contributed by atoms with Crippen LogP contribution in [-0.2, 0) is 7.05 Å². The van der Waals surface area contributed by atoms with Gasteiger partial charge in [-0.2, -0.15) is 0 Å². The van der Waals surface area contributed by atoms with Gasteiger partial charge in [-0.15, -0.1) is 0 Å². The molecule has 1 N–H and O–H groups in total. The van der Waals surface area contributed by atoms with Gasteiger partial charge in [0.25, 0.3) is 11.5 Å². The van der Waals surface area contributed by atoms with Gasteiger partial charge < -0.3 is 14.5 Å². The Kier molecular flexibility index (Phi) is 4.45. The number of nitrogens with one attached hydrogen (secondary N) is 1. The van der Waals surface area contributed by atoms with Gasteiger partial charge in [0.2, 0.25) is 0 Å². The smallest absolute Gasteiger partial charge is 0.333 e. The molecule has 3 heterocycles. The number of H-pyrrole nitrogens is 1. The molecule has 0 aliphatic carbocycles. The first-order chi connectivity index (χ1) is 13.4. The second-order valence-electron chi connectivity index (χ2n) is 7.78. The molecule has 2 aromatic heterocycles. The number of carbonyl (C=O) groups excluding carboxylic acids is 1. The molecule has 0 bridgehead atoms. The molecule has 146 valence electrons. The number of fused-ring (bicyclic) bond motifs is 1. The Hall–Kier alpha value is -3.09. The number of benzene rings is 1. The maximum atomic E-state index is 13.1. The van der Waals surface area contributed by atoms with Crippen LogP contribution in [0.3, 0.4) is 0 Å². The predicted molar refractivity (Wildman–Crippen MR) is 108 cm³/mol. The number of nitrogens with zero attached hydrogens (tertiary/aromatic N) is 3. The number of piperidine rings is 1. The van der Waals surface area contributed by atoms with Crippen molar-refractivity contribution in [2.24, 2.45) is 13.0 Å². The highest BCUT2D eigenvalue weighted by molar-refractivity contribution is 6.05. The molecular weight excluding hydrogens is 356 g/mol. The minimum absolute atomic E-state index is 0.139. The second-order valence-corrected chi connectivity index (χ2v) is 7.78. The standard InChI is InChI=1S/C21H24N4O3/c1-13-6-8-15(9-7-13)25-20(27)18-17(22-21(25)28)16(12-23(18)3)19(26)24-10-4-5-14(2)11-24/h6-9,12,14H,4-5,10-11H2,1-3H3,(H,22,28)/t14-/m1/s1. The first kappa shape index (κ1) is 18.3. The molecular formula is C21H24N4O3. The van der Waals surface area contributed by atoms with E-state index in [2.05, 4.69) is 11.9 Å². The third-order valence-corrected chi connectivity index (χ3v) is 5.49. The lowest BCUT2D eigenvalue weighted by molar-refractivity contribution is 0.0684. The highest BCUT2D eigenvalue weighted by Crippen LogP contribution is 2.21. The molecule has 3 aromatic rings. The van der Waals surface area contributed by atoms with E-state index in [-0.39, 0.29) is 5.91 Å². The summed E-state index contributed by atoms with van der Waals surface area (Å²) in [7, 11) is 1.72. The average Bonchev–Trinajstić information content (AvgIpc) is 2.99. The van der Waals surface area contributed by atoms with Gasteiger partial charge in [-0.05, 0) is 37.8 Å². The Bertz CT molecular complexity index is 1170. The summed E-state index contributed by atoms with van der Waals surface area (Å²) in [4.78, 5) is 43.5. The molecule has 1 aliphatic rings. The molecule has 0 radical (unpaired) electrons. The number of likely N-dealkylation sites (tertiary alicyclic amines) is 1. The molecule has 1 aromatic carbocycles. The number of hydrogen-bond acceptors (Lipinski definition) is 3. The van der Waals surface area contributed by atoms with Gasteiger partial charge in [0.1, 0.15) is 5.52 Å². The van der Waals surface area contributed by atoms with Crippen LogP contribution in [0.5, 0.6) is 0 Å². The summed E-state index contributed by atoms with van der Waals surface area (Å²) >= 11 is 0. The van der Waals surface area contributed by atoms with Crippen molar-refractivity contribution in [3.63, 3.8) is 0 Å². The summed E-state index contributed by atoms with van der Waals surface area (Å²) in [5.41, 5.74) is 1.55. The van der Waals surface area contributed by atoms with Crippen molar-refractivity contribution in [3.8, 4) is 5.69 Å². The number of aromatic nitrogens is 3. The molecule has 1 fully saturated rings. The number of carbonyl (C=O) groups is 1. The van der Waals surface area contributed by atoms with E-state index in [1.54, 1.807) is 29.9 Å². The predicted octanol–water partition coefficient (Wildman–Crippen LogP) is 2.20. The van der Waals surface area contributed by atoms with Crippen molar-refractivity contribution in [2.75, 3.05) is 13.1 Å². The first-order valence-corrected chi connectivity index (χ1v) is 9.57. The summed E-state index contributed by atoms with van der Waals surface area (Å²) in [6.07, 6.45) is 3.72. The minimum Gasteiger partial charge on any atom is -0.344 e. The van der Waals surface area contributed by atoms with E-state index in [0.29, 0.717) is 41.3 Å². The molecule has 4 rings (SSSR count). The van der Waals surface area contributed by atoms with E-state index in [0.717, 1.165) is 23.0 Å². The minimum atomic E-state index is -0.548. The number of aryl methyl sites for hydroxylation is 2. The lowest BCUT2D eigenvalue weighted by Crippen LogP contribution is -2.39. The van der Waals surface area contributed by atoms with Gasteiger partial charge in [0, 0.05) is 26.3 Å². The largest absolute Gasteiger partial charge is 0.344 e. The molecule has 7 heteroatoms. The molecule has 1 saturated heterocycles. The van der Waals surface area contributed by atoms with Crippen molar-refractivity contribution in [3.05, 3.63) is 62.4 Å². The van der Waals surface area contributed by atoms with Crippen LogP contribution in [0, 0.1) is 12.8 Å². The Morgan fingerprint density at radius 3 is 2.57 bits per heavy atom. The Morgan fingerprint density at radius 1 is 1.18 bits per heavy atom. The third-order valence-electron chi connectivity index (χ3n) is 5.49. The summed E-state index contributed by atoms with van der Waals surface area (Å²) in [5.74, 6) is 0.311. The topological polar surface area (TPSA) is 80.1 Å². The zero-order valence-electron chi connectivity index (χ0n) is 16.4. The van der Waals surface area contributed by atoms with Crippen LogP contribution >= 0.6 is 0 Å². The fourth-order valence-corrected chi connectivity index (χ4v) is 4.01. The molecule has 7 nitrogen and oxygen atoms in total. The molecule has 0 saturated carbocycles. The second kappa shape index (κ2) is 6.82. The van der Waals surface area contributed by atoms with Crippen molar-refractivity contribution >= 4 is 16.9 Å². The highest BCUT2D eigenvalue weighted by atomic mass is 16.2. The Labute approximate surface area is 162 Å². The van der Waals surface area contributed by atoms with E-state index in [1.165, 1.54) is 0 Å². The molecule has 1 atom stereocenters. The summed E-state index contributed by atoms with van der Waals surface area (Å²) in [5, 5.41) is 0. The molecule has 1 amide bonds. The zero-order chi connectivity index (χ0) is 20.0. The van der Waals surface area contributed by atoms with Crippen LogP contribution in [0.1, 0.15) is 35.7 Å². The van der Waals surface area contributed by atoms with Crippen LogP contribution in [-0.4, -0.2) is 38.0 Å². The molecule has 1 aliphatic heterocycles. The van der Waals surface area contributed by atoms with E-state index < -0.39 is 11.2 Å². The number of hydrogen-bond donors (Lipinski definition) is 1. The van der Waals surface area contributed by atoms with Crippen LogP contribution in [0.25, 0.3) is 16.7 Å². The molecule has 0 unspecified atom stereocenters. The van der Waals surface area contributed by atoms with Gasteiger partial charge in [0.05, 0.1) is 16.8 Å². The zero-order valence-corrected chi connectivity index (χ0v) is 16.4. The third kappa shape index (κ3) is 2.96. The quantitative estimate of drug-likeness (QED) is 0.740. The van der Waals surface area contributed by atoms with Crippen LogP contribution in [0.2, 0.25) is 0 Å². The van der Waals surface area contributed by atoms with Gasteiger partial charge >= 0.3 is 5.69 Å². The fourth-order valence-electron chi connectivity index (χ4n) is 4.01. The lowest BCUT2D eigenvalue weighted by Gasteiger charge is -2.30. The van der Waals surface area contributed by atoms with Gasteiger partial charge in [-0.1, -0.05) is 24.6 Å². The summed E-state index contributed by atoms with van der Waals surface area (Å²) in [6, 6.07) is 7.18. The normalized spacial score (nSPS) is 17.2. The SMILES string of the molecule is Cc1ccc(-n2c(=O)[nH]c3c(C(=O)N4CCC[C@@H](C)C4)cn(C)c3c2=O)cc1. The molecule has 28 heavy (non-hydrogen) atoms. The molecule has 0 spiro atoms. The van der Waals surface area contributed by atoms with E-state index in [1.807, 2.05) is 24.0 Å². The van der Waals surface area contributed by atoms with Gasteiger partial charge in [-0.3, -0.25) is 9.59 Å². The van der Waals surface area contributed by atoms with Gasteiger partial charge in [-0.25, -0.2) is 9.36 Å². The Balaban J connectivity index is 1.86. The number of rotatable bonds is 2. The number of aromatic amines is 1. The van der Waals surface area contributed by atoms with Crippen LogP contribution in [0.4, 0.5) is 0 Å². The fraction of sp³-hybridized carbons (Fsp3) is 0.381. The van der Waals surface area contributed by atoms with Crippen molar-refractivity contribution < 1.29 is 4.79 Å². The van der Waals surface area contributed by atoms with E-state index in [9.17, 15) is 14.4 Å². The number of amides is 1. The van der Waals surface area contributed by atoms with Crippen LogP contribution < -0.4 is 11.2 Å². The van der Waals surface area contributed by atoms with Crippen LogP contribution in [0.15, 0.2) is 40.1 Å². The van der Waals surface area contributed by atoms with Crippen molar-refractivity contribution in [1.29, 1.82) is 0 Å².